The standard InChI is InChI=1S/C15H13BrO2/c1-18-14-4-2-3-12(8-14)15-7-11(10-17)5-6-13(15)9-16/h2-8,10H,9H2,1H3. The van der Waals surface area contributed by atoms with Gasteiger partial charge in [0.1, 0.15) is 12.0 Å². The molecule has 0 bridgehead atoms. The van der Waals surface area contributed by atoms with Gasteiger partial charge in [0.15, 0.2) is 0 Å². The Labute approximate surface area is 115 Å². The highest BCUT2D eigenvalue weighted by atomic mass is 79.9. The van der Waals surface area contributed by atoms with Crippen molar-refractivity contribution in [3.05, 3.63) is 53.6 Å². The minimum absolute atomic E-state index is 0.678. The summed E-state index contributed by atoms with van der Waals surface area (Å²) < 4.78 is 5.23. The number of carbonyl (C=O) groups is 1. The average molecular weight is 305 g/mol. The quantitative estimate of drug-likeness (QED) is 0.629. The Morgan fingerprint density at radius 3 is 2.72 bits per heavy atom. The van der Waals surface area contributed by atoms with E-state index in [-0.39, 0.29) is 0 Å². The molecule has 0 saturated carbocycles. The van der Waals surface area contributed by atoms with Gasteiger partial charge in [0, 0.05) is 10.9 Å². The van der Waals surface area contributed by atoms with Gasteiger partial charge in [-0.3, -0.25) is 4.79 Å². The first-order chi connectivity index (χ1) is 8.78. The highest BCUT2D eigenvalue weighted by Gasteiger charge is 2.06. The Kier molecular flexibility index (Phi) is 4.15. The van der Waals surface area contributed by atoms with Crippen LogP contribution in [0.25, 0.3) is 11.1 Å². The lowest BCUT2D eigenvalue weighted by Gasteiger charge is -2.09. The van der Waals surface area contributed by atoms with Gasteiger partial charge in [-0.15, -0.1) is 0 Å². The summed E-state index contributed by atoms with van der Waals surface area (Å²) in [6, 6.07) is 13.5. The number of hydrogen-bond donors (Lipinski definition) is 0. The first-order valence-electron chi connectivity index (χ1n) is 5.57. The van der Waals surface area contributed by atoms with E-state index in [2.05, 4.69) is 15.9 Å². The zero-order valence-electron chi connectivity index (χ0n) is 10.0. The lowest BCUT2D eigenvalue weighted by atomic mass is 9.98. The molecule has 2 aromatic carbocycles. The van der Waals surface area contributed by atoms with Gasteiger partial charge in [0.25, 0.3) is 0 Å². The zero-order valence-corrected chi connectivity index (χ0v) is 11.6. The smallest absolute Gasteiger partial charge is 0.150 e. The summed E-state index contributed by atoms with van der Waals surface area (Å²) in [6.07, 6.45) is 0.863. The van der Waals surface area contributed by atoms with E-state index in [0.29, 0.717) is 5.56 Å². The first-order valence-corrected chi connectivity index (χ1v) is 6.69. The molecule has 0 unspecified atom stereocenters. The number of halogens is 1. The molecule has 0 spiro atoms. The van der Waals surface area contributed by atoms with Crippen LogP contribution >= 0.6 is 15.9 Å². The van der Waals surface area contributed by atoms with Gasteiger partial charge in [-0.1, -0.05) is 40.2 Å². The second-order valence-electron chi connectivity index (χ2n) is 3.90. The normalized spacial score (nSPS) is 10.1. The van der Waals surface area contributed by atoms with E-state index in [1.54, 1.807) is 7.11 Å². The van der Waals surface area contributed by atoms with Crippen LogP contribution < -0.4 is 4.74 Å². The zero-order chi connectivity index (χ0) is 13.0. The number of carbonyl (C=O) groups excluding carboxylic acids is 1. The molecule has 0 heterocycles. The van der Waals surface area contributed by atoms with Crippen LogP contribution in [0, 0.1) is 0 Å². The van der Waals surface area contributed by atoms with Gasteiger partial charge >= 0.3 is 0 Å². The second kappa shape index (κ2) is 5.83. The van der Waals surface area contributed by atoms with E-state index in [1.807, 2.05) is 42.5 Å². The molecule has 0 amide bonds. The van der Waals surface area contributed by atoms with Crippen molar-refractivity contribution in [1.29, 1.82) is 0 Å². The molecule has 0 fully saturated rings. The minimum atomic E-state index is 0.678. The fourth-order valence-corrected chi connectivity index (χ4v) is 2.33. The van der Waals surface area contributed by atoms with E-state index in [9.17, 15) is 4.79 Å². The number of alkyl halides is 1. The summed E-state index contributed by atoms with van der Waals surface area (Å²) in [4.78, 5) is 10.9. The minimum Gasteiger partial charge on any atom is -0.497 e. The third-order valence-corrected chi connectivity index (χ3v) is 3.40. The third-order valence-electron chi connectivity index (χ3n) is 2.79. The summed E-state index contributed by atoms with van der Waals surface area (Å²) in [5, 5.41) is 0.749. The van der Waals surface area contributed by atoms with Crippen LogP contribution in [0.15, 0.2) is 42.5 Å². The van der Waals surface area contributed by atoms with Crippen molar-refractivity contribution < 1.29 is 9.53 Å². The van der Waals surface area contributed by atoms with Gasteiger partial charge in [-0.05, 0) is 34.9 Å². The van der Waals surface area contributed by atoms with Gasteiger partial charge in [-0.25, -0.2) is 0 Å². The Morgan fingerprint density at radius 2 is 2.06 bits per heavy atom. The van der Waals surface area contributed by atoms with Gasteiger partial charge in [-0.2, -0.15) is 0 Å². The molecule has 0 N–H and O–H groups in total. The van der Waals surface area contributed by atoms with Gasteiger partial charge in [0.05, 0.1) is 7.11 Å². The van der Waals surface area contributed by atoms with E-state index >= 15 is 0 Å². The molecule has 0 aliphatic heterocycles. The second-order valence-corrected chi connectivity index (χ2v) is 4.46. The topological polar surface area (TPSA) is 26.3 Å². The Morgan fingerprint density at radius 1 is 1.22 bits per heavy atom. The van der Waals surface area contributed by atoms with Crippen molar-refractivity contribution in [3.63, 3.8) is 0 Å². The van der Waals surface area contributed by atoms with Crippen LogP contribution in [-0.2, 0) is 5.33 Å². The fourth-order valence-electron chi connectivity index (χ4n) is 1.84. The molecule has 18 heavy (non-hydrogen) atoms. The Bertz CT molecular complexity index is 564. The molecule has 0 radical (unpaired) electrons. The highest BCUT2D eigenvalue weighted by molar-refractivity contribution is 9.08. The van der Waals surface area contributed by atoms with Crippen molar-refractivity contribution in [1.82, 2.24) is 0 Å². The molecule has 3 heteroatoms. The summed E-state index contributed by atoms with van der Waals surface area (Å²) in [7, 11) is 1.65. The maximum Gasteiger partial charge on any atom is 0.150 e. The lowest BCUT2D eigenvalue weighted by molar-refractivity contribution is 0.112. The van der Waals surface area contributed by atoms with Crippen LogP contribution in [0.2, 0.25) is 0 Å². The first kappa shape index (κ1) is 12.8. The number of ether oxygens (including phenoxy) is 1. The van der Waals surface area contributed by atoms with Crippen molar-refractivity contribution in [2.24, 2.45) is 0 Å². The molecular weight excluding hydrogens is 292 g/mol. The molecular formula is C15H13BrO2. The maximum atomic E-state index is 10.9. The molecule has 0 aliphatic rings. The number of aldehydes is 1. The Balaban J connectivity index is 2.56. The molecule has 0 saturated heterocycles. The van der Waals surface area contributed by atoms with E-state index < -0.39 is 0 Å². The van der Waals surface area contributed by atoms with Crippen LogP contribution in [0.1, 0.15) is 15.9 Å². The van der Waals surface area contributed by atoms with Crippen LogP contribution in [-0.4, -0.2) is 13.4 Å². The summed E-state index contributed by atoms with van der Waals surface area (Å²) in [6.45, 7) is 0. The number of methoxy groups -OCH3 is 1. The molecule has 0 aliphatic carbocycles. The van der Waals surface area contributed by atoms with E-state index in [1.165, 1.54) is 0 Å². The van der Waals surface area contributed by atoms with E-state index in [4.69, 9.17) is 4.74 Å². The predicted molar refractivity (Wildman–Crippen MR) is 76.4 cm³/mol. The molecule has 92 valence electrons. The fraction of sp³-hybridized carbons (Fsp3) is 0.133. The molecule has 2 rings (SSSR count). The molecule has 2 aromatic rings. The van der Waals surface area contributed by atoms with Crippen molar-refractivity contribution in [3.8, 4) is 16.9 Å². The SMILES string of the molecule is COc1cccc(-c2cc(C=O)ccc2CBr)c1. The number of rotatable bonds is 4. The van der Waals surface area contributed by atoms with Crippen LogP contribution in [0.3, 0.4) is 0 Å². The van der Waals surface area contributed by atoms with Gasteiger partial charge in [0.2, 0.25) is 0 Å². The predicted octanol–water partition coefficient (Wildman–Crippen LogP) is 4.07. The van der Waals surface area contributed by atoms with Crippen molar-refractivity contribution in [2.45, 2.75) is 5.33 Å². The van der Waals surface area contributed by atoms with Crippen molar-refractivity contribution >= 4 is 22.2 Å². The largest absolute Gasteiger partial charge is 0.497 e. The van der Waals surface area contributed by atoms with Crippen LogP contribution in [0.5, 0.6) is 5.75 Å². The summed E-state index contributed by atoms with van der Waals surface area (Å²) in [5.74, 6) is 0.810. The molecule has 2 nitrogen and oxygen atoms in total. The summed E-state index contributed by atoms with van der Waals surface area (Å²) in [5.41, 5.74) is 3.93. The van der Waals surface area contributed by atoms with E-state index in [0.717, 1.165) is 34.1 Å². The lowest BCUT2D eigenvalue weighted by Crippen LogP contribution is -1.90. The third kappa shape index (κ3) is 2.62. The maximum absolute atomic E-state index is 10.9. The monoisotopic (exact) mass is 304 g/mol. The average Bonchev–Trinajstić information content (AvgIpc) is 2.46. The number of benzene rings is 2. The highest BCUT2D eigenvalue weighted by Crippen LogP contribution is 2.29. The summed E-state index contributed by atoms with van der Waals surface area (Å²) >= 11 is 3.47. The number of hydrogen-bond acceptors (Lipinski definition) is 2. The molecule has 0 atom stereocenters. The van der Waals surface area contributed by atoms with Crippen LogP contribution in [0.4, 0.5) is 0 Å². The van der Waals surface area contributed by atoms with Gasteiger partial charge < -0.3 is 4.74 Å². The van der Waals surface area contributed by atoms with Crippen molar-refractivity contribution in [2.75, 3.05) is 7.11 Å². The molecule has 0 aromatic heterocycles. The Hall–Kier alpha value is -1.61.